The third kappa shape index (κ3) is 1.82. The number of benzene rings is 1. The first-order chi connectivity index (χ1) is 7.18. The van der Waals surface area contributed by atoms with Crippen molar-refractivity contribution in [1.29, 1.82) is 0 Å². The number of aromatic hydroxyl groups is 1. The summed E-state index contributed by atoms with van der Waals surface area (Å²) in [6, 6.07) is 6.53. The number of hydrogen-bond acceptors (Lipinski definition) is 4. The van der Waals surface area contributed by atoms with Gasteiger partial charge in [-0.1, -0.05) is 5.21 Å². The van der Waals surface area contributed by atoms with Crippen LogP contribution in [0.5, 0.6) is 5.75 Å². The van der Waals surface area contributed by atoms with Crippen molar-refractivity contribution < 1.29 is 10.2 Å². The molecule has 1 heterocycles. The van der Waals surface area contributed by atoms with Gasteiger partial charge >= 0.3 is 0 Å². The molecule has 0 bridgehead atoms. The second-order valence-corrected chi connectivity index (χ2v) is 3.26. The van der Waals surface area contributed by atoms with Gasteiger partial charge in [-0.05, 0) is 31.2 Å². The van der Waals surface area contributed by atoms with Crippen molar-refractivity contribution in [2.24, 2.45) is 0 Å². The molecule has 1 aromatic heterocycles. The summed E-state index contributed by atoms with van der Waals surface area (Å²) in [5, 5.41) is 26.2. The zero-order valence-corrected chi connectivity index (χ0v) is 8.20. The Hall–Kier alpha value is -1.88. The van der Waals surface area contributed by atoms with Gasteiger partial charge in [0, 0.05) is 0 Å². The molecule has 15 heavy (non-hydrogen) atoms. The summed E-state index contributed by atoms with van der Waals surface area (Å²) in [6.07, 6.45) is 0.881. The maximum absolute atomic E-state index is 9.46. The standard InChI is InChI=1S/C10H11N3O2/c1-7(14)10-6-11-12-13(10)8-2-4-9(15)5-3-8/h2-7,14-15H,1H3. The Morgan fingerprint density at radius 3 is 2.53 bits per heavy atom. The van der Waals surface area contributed by atoms with Gasteiger partial charge < -0.3 is 10.2 Å². The number of aliphatic hydroxyl groups is 1. The largest absolute Gasteiger partial charge is 0.508 e. The van der Waals surface area contributed by atoms with Crippen LogP contribution < -0.4 is 0 Å². The van der Waals surface area contributed by atoms with Crippen LogP contribution in [0.2, 0.25) is 0 Å². The molecule has 2 N–H and O–H groups in total. The fourth-order valence-electron chi connectivity index (χ4n) is 1.32. The topological polar surface area (TPSA) is 71.2 Å². The highest BCUT2D eigenvalue weighted by atomic mass is 16.3. The molecule has 0 aliphatic heterocycles. The van der Waals surface area contributed by atoms with Crippen LogP contribution >= 0.6 is 0 Å². The number of aliphatic hydroxyl groups excluding tert-OH is 1. The second-order valence-electron chi connectivity index (χ2n) is 3.26. The van der Waals surface area contributed by atoms with Crippen molar-refractivity contribution in [3.63, 3.8) is 0 Å². The van der Waals surface area contributed by atoms with Gasteiger partial charge in [-0.3, -0.25) is 0 Å². The summed E-state index contributed by atoms with van der Waals surface area (Å²) >= 11 is 0. The first kappa shape index (κ1) is 9.67. The van der Waals surface area contributed by atoms with Crippen LogP contribution in [0.3, 0.4) is 0 Å². The second kappa shape index (κ2) is 3.70. The van der Waals surface area contributed by atoms with Crippen LogP contribution in [0.4, 0.5) is 0 Å². The molecule has 2 rings (SSSR count). The normalized spacial score (nSPS) is 12.7. The molecule has 0 amide bonds. The Morgan fingerprint density at radius 2 is 1.93 bits per heavy atom. The summed E-state index contributed by atoms with van der Waals surface area (Å²) in [7, 11) is 0. The van der Waals surface area contributed by atoms with E-state index in [0.717, 1.165) is 5.69 Å². The number of hydrogen-bond donors (Lipinski definition) is 2. The summed E-state index contributed by atoms with van der Waals surface area (Å²) < 4.78 is 1.53. The van der Waals surface area contributed by atoms with E-state index >= 15 is 0 Å². The molecule has 0 spiro atoms. The third-order valence-electron chi connectivity index (χ3n) is 2.10. The van der Waals surface area contributed by atoms with Crippen LogP contribution in [0.15, 0.2) is 30.5 Å². The summed E-state index contributed by atoms with van der Waals surface area (Å²) in [4.78, 5) is 0. The maximum Gasteiger partial charge on any atom is 0.115 e. The molecule has 78 valence electrons. The Labute approximate surface area is 86.6 Å². The third-order valence-corrected chi connectivity index (χ3v) is 2.10. The number of aromatic nitrogens is 3. The summed E-state index contributed by atoms with van der Waals surface area (Å²) in [5.74, 6) is 0.192. The Bertz CT molecular complexity index is 448. The number of rotatable bonds is 2. The summed E-state index contributed by atoms with van der Waals surface area (Å²) in [5.41, 5.74) is 1.36. The first-order valence-electron chi connectivity index (χ1n) is 4.56. The van der Waals surface area contributed by atoms with Crippen molar-refractivity contribution in [1.82, 2.24) is 15.0 Å². The molecule has 1 atom stereocenters. The number of phenolic OH excluding ortho intramolecular Hbond substituents is 1. The highest BCUT2D eigenvalue weighted by Crippen LogP contribution is 2.17. The van der Waals surface area contributed by atoms with Gasteiger partial charge in [-0.2, -0.15) is 0 Å². The van der Waals surface area contributed by atoms with Crippen LogP contribution in [0.25, 0.3) is 5.69 Å². The quantitative estimate of drug-likeness (QED) is 0.768. The van der Waals surface area contributed by atoms with Crippen LogP contribution in [0, 0.1) is 0 Å². The van der Waals surface area contributed by atoms with Gasteiger partial charge in [0.15, 0.2) is 0 Å². The van der Waals surface area contributed by atoms with Gasteiger partial charge in [0.2, 0.25) is 0 Å². The van der Waals surface area contributed by atoms with Gasteiger partial charge in [0.05, 0.1) is 23.7 Å². The maximum atomic E-state index is 9.46. The Balaban J connectivity index is 2.45. The van der Waals surface area contributed by atoms with Crippen LogP contribution in [-0.2, 0) is 0 Å². The molecule has 5 heteroatoms. The van der Waals surface area contributed by atoms with Gasteiger partial charge in [-0.25, -0.2) is 4.68 Å². The summed E-state index contributed by atoms with van der Waals surface area (Å²) in [6.45, 7) is 1.65. The molecule has 2 aromatic rings. The molecule has 0 aliphatic carbocycles. The zero-order chi connectivity index (χ0) is 10.8. The first-order valence-corrected chi connectivity index (χ1v) is 4.56. The fraction of sp³-hybridized carbons (Fsp3) is 0.200. The zero-order valence-electron chi connectivity index (χ0n) is 8.20. The van der Waals surface area contributed by atoms with E-state index in [1.165, 1.54) is 10.9 Å². The van der Waals surface area contributed by atoms with Crippen LogP contribution in [-0.4, -0.2) is 25.2 Å². The van der Waals surface area contributed by atoms with E-state index in [4.69, 9.17) is 5.11 Å². The van der Waals surface area contributed by atoms with Gasteiger partial charge in [-0.15, -0.1) is 5.10 Å². The van der Waals surface area contributed by atoms with E-state index in [1.54, 1.807) is 31.2 Å². The van der Waals surface area contributed by atoms with Crippen molar-refractivity contribution in [2.45, 2.75) is 13.0 Å². The van der Waals surface area contributed by atoms with E-state index in [1.807, 2.05) is 0 Å². The molecule has 0 aliphatic rings. The predicted molar refractivity (Wildman–Crippen MR) is 53.7 cm³/mol. The van der Waals surface area contributed by atoms with Gasteiger partial charge in [0.25, 0.3) is 0 Å². The van der Waals surface area contributed by atoms with Crippen molar-refractivity contribution >= 4 is 0 Å². The Morgan fingerprint density at radius 1 is 1.27 bits per heavy atom. The minimum Gasteiger partial charge on any atom is -0.508 e. The molecule has 0 saturated heterocycles. The number of nitrogens with zero attached hydrogens (tertiary/aromatic N) is 3. The molecule has 5 nitrogen and oxygen atoms in total. The van der Waals surface area contributed by atoms with Crippen LogP contribution in [0.1, 0.15) is 18.7 Å². The molecule has 0 fully saturated rings. The molecular weight excluding hydrogens is 194 g/mol. The molecule has 1 unspecified atom stereocenters. The van der Waals surface area contributed by atoms with Crippen molar-refractivity contribution in [2.75, 3.05) is 0 Å². The van der Waals surface area contributed by atoms with E-state index in [2.05, 4.69) is 10.3 Å². The van der Waals surface area contributed by atoms with E-state index < -0.39 is 6.10 Å². The highest BCUT2D eigenvalue weighted by molar-refractivity contribution is 5.37. The fourth-order valence-corrected chi connectivity index (χ4v) is 1.32. The van der Waals surface area contributed by atoms with E-state index in [9.17, 15) is 5.11 Å². The van der Waals surface area contributed by atoms with Crippen molar-refractivity contribution in [3.05, 3.63) is 36.2 Å². The SMILES string of the molecule is CC(O)c1cnnn1-c1ccc(O)cc1. The molecule has 0 radical (unpaired) electrons. The van der Waals surface area contributed by atoms with E-state index in [0.29, 0.717) is 5.69 Å². The van der Waals surface area contributed by atoms with Crippen molar-refractivity contribution in [3.8, 4) is 11.4 Å². The lowest BCUT2D eigenvalue weighted by atomic mass is 10.2. The predicted octanol–water partition coefficient (Wildman–Crippen LogP) is 1.03. The smallest absolute Gasteiger partial charge is 0.115 e. The Kier molecular flexibility index (Phi) is 2.39. The minimum atomic E-state index is -0.631. The average molecular weight is 205 g/mol. The average Bonchev–Trinajstić information content (AvgIpc) is 2.67. The lowest BCUT2D eigenvalue weighted by Crippen LogP contribution is -2.04. The highest BCUT2D eigenvalue weighted by Gasteiger charge is 2.10. The minimum absolute atomic E-state index is 0.192. The molecular formula is C10H11N3O2. The van der Waals surface area contributed by atoms with Gasteiger partial charge in [0.1, 0.15) is 5.75 Å². The molecule has 1 aromatic carbocycles. The number of phenols is 1. The lowest BCUT2D eigenvalue weighted by molar-refractivity contribution is 0.191. The van der Waals surface area contributed by atoms with E-state index in [-0.39, 0.29) is 5.75 Å². The molecule has 0 saturated carbocycles. The monoisotopic (exact) mass is 205 g/mol. The lowest BCUT2D eigenvalue weighted by Gasteiger charge is -2.07.